The lowest BCUT2D eigenvalue weighted by atomic mass is 10.00. The number of rotatable bonds is 15. The molecule has 2 nitrogen and oxygen atoms in total. The summed E-state index contributed by atoms with van der Waals surface area (Å²) in [5.74, 6) is 0.161. The lowest BCUT2D eigenvalue weighted by molar-refractivity contribution is -0.149. The molecule has 0 amide bonds. The van der Waals surface area contributed by atoms with Crippen LogP contribution in [0.1, 0.15) is 104 Å². The van der Waals surface area contributed by atoms with Gasteiger partial charge in [0.1, 0.15) is 0 Å². The molecule has 2 heteroatoms. The third-order valence-electron chi connectivity index (χ3n) is 4.22. The zero-order valence-electron chi connectivity index (χ0n) is 14.8. The van der Waals surface area contributed by atoms with Gasteiger partial charge in [-0.15, -0.1) is 0 Å². The van der Waals surface area contributed by atoms with E-state index in [4.69, 9.17) is 4.74 Å². The van der Waals surface area contributed by atoms with Crippen LogP contribution in [-0.4, -0.2) is 12.6 Å². The molecule has 0 rings (SSSR count). The Hall–Kier alpha value is -0.530. The molecule has 0 heterocycles. The van der Waals surface area contributed by atoms with Crippen molar-refractivity contribution in [1.82, 2.24) is 0 Å². The molecule has 0 radical (unpaired) electrons. The summed E-state index contributed by atoms with van der Waals surface area (Å²) in [4.78, 5) is 11.9. The summed E-state index contributed by atoms with van der Waals surface area (Å²) in [6.07, 6.45) is 15.9. The van der Waals surface area contributed by atoms with E-state index in [1.165, 1.54) is 51.4 Å². The van der Waals surface area contributed by atoms with E-state index in [1.54, 1.807) is 0 Å². The maximum absolute atomic E-state index is 11.9. The number of hydrogen-bond donors (Lipinski definition) is 0. The molecule has 0 aromatic carbocycles. The molecule has 1 atom stereocenters. The largest absolute Gasteiger partial charge is 0.465 e. The SMILES string of the molecule is CCCCCCCCCCCOC(=O)C(CC)CCCC. The topological polar surface area (TPSA) is 26.3 Å². The number of carbonyl (C=O) groups excluding carboxylic acids is 1. The lowest BCUT2D eigenvalue weighted by Crippen LogP contribution is -2.17. The highest BCUT2D eigenvalue weighted by Gasteiger charge is 2.16. The fourth-order valence-electron chi connectivity index (χ4n) is 2.64. The van der Waals surface area contributed by atoms with Gasteiger partial charge in [-0.3, -0.25) is 4.79 Å². The molecule has 0 aliphatic rings. The van der Waals surface area contributed by atoms with Crippen molar-refractivity contribution >= 4 is 5.97 Å². The minimum Gasteiger partial charge on any atom is -0.465 e. The minimum absolute atomic E-state index is 0.0329. The van der Waals surface area contributed by atoms with Crippen molar-refractivity contribution in [3.63, 3.8) is 0 Å². The van der Waals surface area contributed by atoms with Crippen LogP contribution in [0.15, 0.2) is 0 Å². The molecule has 0 saturated heterocycles. The van der Waals surface area contributed by atoms with Crippen LogP contribution in [0.5, 0.6) is 0 Å². The third kappa shape index (κ3) is 12.9. The first-order chi connectivity index (χ1) is 10.3. The van der Waals surface area contributed by atoms with E-state index >= 15 is 0 Å². The number of esters is 1. The number of ether oxygens (including phenoxy) is 1. The molecule has 0 aromatic heterocycles. The molecule has 1 unspecified atom stereocenters. The molecule has 21 heavy (non-hydrogen) atoms. The van der Waals surface area contributed by atoms with Crippen molar-refractivity contribution in [3.05, 3.63) is 0 Å². The average Bonchev–Trinajstić information content (AvgIpc) is 2.50. The summed E-state index contributed by atoms with van der Waals surface area (Å²) in [5.41, 5.74) is 0. The Morgan fingerprint density at radius 3 is 1.81 bits per heavy atom. The first-order valence-electron chi connectivity index (χ1n) is 9.42. The maximum atomic E-state index is 11.9. The molecule has 0 saturated carbocycles. The summed E-state index contributed by atoms with van der Waals surface area (Å²) < 4.78 is 5.41. The van der Waals surface area contributed by atoms with Gasteiger partial charge >= 0.3 is 5.97 Å². The predicted molar refractivity (Wildman–Crippen MR) is 91.5 cm³/mol. The molecular weight excluding hydrogens is 260 g/mol. The monoisotopic (exact) mass is 298 g/mol. The second kappa shape index (κ2) is 15.9. The molecule has 0 fully saturated rings. The van der Waals surface area contributed by atoms with Crippen LogP contribution in [0, 0.1) is 5.92 Å². The van der Waals surface area contributed by atoms with Gasteiger partial charge in [0, 0.05) is 0 Å². The van der Waals surface area contributed by atoms with Crippen LogP contribution in [0.4, 0.5) is 0 Å². The summed E-state index contributed by atoms with van der Waals surface area (Å²) in [5, 5.41) is 0. The Labute approximate surface area is 133 Å². The van der Waals surface area contributed by atoms with Crippen molar-refractivity contribution in [2.24, 2.45) is 5.92 Å². The van der Waals surface area contributed by atoms with Gasteiger partial charge in [0.05, 0.1) is 12.5 Å². The number of unbranched alkanes of at least 4 members (excludes halogenated alkanes) is 9. The van der Waals surface area contributed by atoms with Crippen molar-refractivity contribution in [3.8, 4) is 0 Å². The van der Waals surface area contributed by atoms with Crippen molar-refractivity contribution in [2.45, 2.75) is 104 Å². The van der Waals surface area contributed by atoms with Gasteiger partial charge in [0.15, 0.2) is 0 Å². The lowest BCUT2D eigenvalue weighted by Gasteiger charge is -2.13. The van der Waals surface area contributed by atoms with E-state index in [1.807, 2.05) is 0 Å². The standard InChI is InChI=1S/C19H38O2/c1-4-7-9-10-11-12-13-14-15-17-21-19(20)18(6-3)16-8-5-2/h18H,4-17H2,1-3H3. The van der Waals surface area contributed by atoms with Gasteiger partial charge in [0.2, 0.25) is 0 Å². The third-order valence-corrected chi connectivity index (χ3v) is 4.22. The van der Waals surface area contributed by atoms with Crippen molar-refractivity contribution in [1.29, 1.82) is 0 Å². The number of carbonyl (C=O) groups is 1. The highest BCUT2D eigenvalue weighted by Crippen LogP contribution is 2.15. The van der Waals surface area contributed by atoms with E-state index in [2.05, 4.69) is 20.8 Å². The quantitative estimate of drug-likeness (QED) is 0.263. The highest BCUT2D eigenvalue weighted by molar-refractivity contribution is 5.72. The second-order valence-corrected chi connectivity index (χ2v) is 6.24. The Bertz CT molecular complexity index is 226. The average molecular weight is 299 g/mol. The molecular formula is C19H38O2. The van der Waals surface area contributed by atoms with Gasteiger partial charge in [0.25, 0.3) is 0 Å². The Morgan fingerprint density at radius 2 is 1.29 bits per heavy atom. The zero-order chi connectivity index (χ0) is 15.8. The second-order valence-electron chi connectivity index (χ2n) is 6.24. The van der Waals surface area contributed by atoms with Crippen LogP contribution < -0.4 is 0 Å². The Morgan fingerprint density at radius 1 is 0.762 bits per heavy atom. The first-order valence-corrected chi connectivity index (χ1v) is 9.42. The molecule has 0 aliphatic heterocycles. The van der Waals surface area contributed by atoms with Gasteiger partial charge < -0.3 is 4.74 Å². The van der Waals surface area contributed by atoms with Gasteiger partial charge in [-0.05, 0) is 19.3 Å². The van der Waals surface area contributed by atoms with Crippen LogP contribution >= 0.6 is 0 Å². The molecule has 0 N–H and O–H groups in total. The summed E-state index contributed by atoms with van der Waals surface area (Å²) >= 11 is 0. The highest BCUT2D eigenvalue weighted by atomic mass is 16.5. The summed E-state index contributed by atoms with van der Waals surface area (Å²) in [6, 6.07) is 0. The van der Waals surface area contributed by atoms with Crippen LogP contribution in [0.2, 0.25) is 0 Å². The summed E-state index contributed by atoms with van der Waals surface area (Å²) in [7, 11) is 0. The smallest absolute Gasteiger partial charge is 0.308 e. The predicted octanol–water partition coefficient (Wildman–Crippen LogP) is 6.28. The van der Waals surface area contributed by atoms with Crippen LogP contribution in [0.25, 0.3) is 0 Å². The van der Waals surface area contributed by atoms with E-state index in [9.17, 15) is 4.79 Å². The van der Waals surface area contributed by atoms with Gasteiger partial charge in [-0.2, -0.15) is 0 Å². The molecule has 0 spiro atoms. The Balaban J connectivity index is 3.38. The van der Waals surface area contributed by atoms with E-state index in [0.29, 0.717) is 6.61 Å². The minimum atomic E-state index is 0.0329. The van der Waals surface area contributed by atoms with Crippen LogP contribution in [-0.2, 0) is 9.53 Å². The fourth-order valence-corrected chi connectivity index (χ4v) is 2.64. The summed E-state index contributed by atoms with van der Waals surface area (Å²) in [6.45, 7) is 7.13. The van der Waals surface area contributed by atoms with E-state index in [-0.39, 0.29) is 11.9 Å². The molecule has 0 bridgehead atoms. The Kier molecular flexibility index (Phi) is 15.5. The molecule has 0 aromatic rings. The molecule has 126 valence electrons. The van der Waals surface area contributed by atoms with Crippen molar-refractivity contribution < 1.29 is 9.53 Å². The van der Waals surface area contributed by atoms with Crippen LogP contribution in [0.3, 0.4) is 0 Å². The normalized spacial score (nSPS) is 12.3. The van der Waals surface area contributed by atoms with E-state index in [0.717, 1.165) is 32.1 Å². The first kappa shape index (κ1) is 20.5. The number of hydrogen-bond acceptors (Lipinski definition) is 2. The van der Waals surface area contributed by atoms with Gasteiger partial charge in [-0.1, -0.05) is 85.0 Å². The van der Waals surface area contributed by atoms with E-state index < -0.39 is 0 Å². The zero-order valence-corrected chi connectivity index (χ0v) is 14.8. The van der Waals surface area contributed by atoms with Crippen molar-refractivity contribution in [2.75, 3.05) is 6.61 Å². The fraction of sp³-hybridized carbons (Fsp3) is 0.947. The van der Waals surface area contributed by atoms with Gasteiger partial charge in [-0.25, -0.2) is 0 Å². The molecule has 0 aliphatic carbocycles. The maximum Gasteiger partial charge on any atom is 0.308 e.